The zero-order chi connectivity index (χ0) is 16.3. The van der Waals surface area contributed by atoms with Crippen LogP contribution in [0.2, 0.25) is 0 Å². The Morgan fingerprint density at radius 1 is 1.41 bits per heavy atom. The van der Waals surface area contributed by atoms with E-state index in [1.807, 2.05) is 4.90 Å². The van der Waals surface area contributed by atoms with Gasteiger partial charge in [-0.15, -0.1) is 0 Å². The number of nitrogens with zero attached hydrogens (tertiary/aromatic N) is 1. The lowest BCUT2D eigenvalue weighted by Crippen LogP contribution is -2.40. The normalized spacial score (nSPS) is 36.1. The predicted octanol–water partition coefficient (Wildman–Crippen LogP) is 2.66. The molecule has 4 unspecified atom stereocenters. The molecule has 1 amide bonds. The standard InChI is InChI=1S/C18H34N2O2/c1-13(2)15-6-5-14(3)9-16(15)22-10-17(21)20-8-7-18(4,11-19)12-20/h13-16H,5-12,19H2,1-4H3. The van der Waals surface area contributed by atoms with E-state index >= 15 is 0 Å². The maximum Gasteiger partial charge on any atom is 0.248 e. The monoisotopic (exact) mass is 310 g/mol. The van der Waals surface area contributed by atoms with Gasteiger partial charge in [0.2, 0.25) is 5.91 Å². The van der Waals surface area contributed by atoms with Crippen LogP contribution in [-0.2, 0) is 9.53 Å². The summed E-state index contributed by atoms with van der Waals surface area (Å²) in [4.78, 5) is 14.3. The Kier molecular flexibility index (Phi) is 5.89. The highest BCUT2D eigenvalue weighted by molar-refractivity contribution is 5.77. The molecule has 0 aromatic heterocycles. The van der Waals surface area contributed by atoms with Crippen LogP contribution < -0.4 is 5.73 Å². The van der Waals surface area contributed by atoms with E-state index in [9.17, 15) is 4.79 Å². The molecular weight excluding hydrogens is 276 g/mol. The van der Waals surface area contributed by atoms with Crippen molar-refractivity contribution in [1.29, 1.82) is 0 Å². The number of hydrogen-bond acceptors (Lipinski definition) is 3. The molecule has 2 rings (SSSR count). The predicted molar refractivity (Wildman–Crippen MR) is 89.4 cm³/mol. The molecule has 1 saturated carbocycles. The van der Waals surface area contributed by atoms with Gasteiger partial charge in [-0.1, -0.05) is 34.1 Å². The first-order valence-electron chi connectivity index (χ1n) is 8.94. The summed E-state index contributed by atoms with van der Waals surface area (Å²) >= 11 is 0. The largest absolute Gasteiger partial charge is 0.368 e. The van der Waals surface area contributed by atoms with Crippen LogP contribution in [-0.4, -0.2) is 43.2 Å². The van der Waals surface area contributed by atoms with Gasteiger partial charge in [-0.25, -0.2) is 0 Å². The van der Waals surface area contributed by atoms with Gasteiger partial charge in [-0.05, 0) is 49.0 Å². The second-order valence-electron chi connectivity index (χ2n) is 8.26. The van der Waals surface area contributed by atoms with E-state index < -0.39 is 0 Å². The second kappa shape index (κ2) is 7.31. The molecule has 22 heavy (non-hydrogen) atoms. The zero-order valence-electron chi connectivity index (χ0n) is 14.8. The molecule has 2 fully saturated rings. The lowest BCUT2D eigenvalue weighted by Gasteiger charge is -2.37. The average Bonchev–Trinajstić information content (AvgIpc) is 2.88. The van der Waals surface area contributed by atoms with Crippen molar-refractivity contribution in [1.82, 2.24) is 4.90 Å². The molecule has 4 atom stereocenters. The number of likely N-dealkylation sites (tertiary alicyclic amines) is 1. The summed E-state index contributed by atoms with van der Waals surface area (Å²) in [6, 6.07) is 0. The SMILES string of the molecule is CC1CCC(C(C)C)C(OCC(=O)N2CCC(C)(CN)C2)C1. The number of ether oxygens (including phenoxy) is 1. The van der Waals surface area contributed by atoms with Gasteiger partial charge < -0.3 is 15.4 Å². The first kappa shape index (κ1) is 17.7. The van der Waals surface area contributed by atoms with E-state index in [1.165, 1.54) is 12.8 Å². The Morgan fingerprint density at radius 2 is 2.14 bits per heavy atom. The minimum Gasteiger partial charge on any atom is -0.368 e. The number of nitrogens with two attached hydrogens (primary N) is 1. The summed E-state index contributed by atoms with van der Waals surface area (Å²) < 4.78 is 6.08. The average molecular weight is 310 g/mol. The topological polar surface area (TPSA) is 55.6 Å². The van der Waals surface area contributed by atoms with Crippen molar-refractivity contribution < 1.29 is 9.53 Å². The molecule has 128 valence electrons. The fourth-order valence-corrected chi connectivity index (χ4v) is 3.98. The van der Waals surface area contributed by atoms with Crippen LogP contribution >= 0.6 is 0 Å². The van der Waals surface area contributed by atoms with Gasteiger partial charge in [0.25, 0.3) is 0 Å². The van der Waals surface area contributed by atoms with E-state index in [4.69, 9.17) is 10.5 Å². The number of carbonyl (C=O) groups excluding carboxylic acids is 1. The summed E-state index contributed by atoms with van der Waals surface area (Å²) in [7, 11) is 0. The summed E-state index contributed by atoms with van der Waals surface area (Å²) in [5.41, 5.74) is 5.91. The van der Waals surface area contributed by atoms with E-state index in [1.54, 1.807) is 0 Å². The highest BCUT2D eigenvalue weighted by Gasteiger charge is 2.36. The molecule has 0 aromatic rings. The van der Waals surface area contributed by atoms with Crippen LogP contribution in [0.25, 0.3) is 0 Å². The van der Waals surface area contributed by atoms with Gasteiger partial charge in [0.15, 0.2) is 0 Å². The maximum atomic E-state index is 12.4. The number of hydrogen-bond donors (Lipinski definition) is 1. The number of rotatable bonds is 5. The molecule has 2 N–H and O–H groups in total. The van der Waals surface area contributed by atoms with Crippen LogP contribution in [0.1, 0.15) is 53.4 Å². The van der Waals surface area contributed by atoms with Gasteiger partial charge in [0.05, 0.1) is 6.10 Å². The molecule has 1 aliphatic heterocycles. The summed E-state index contributed by atoms with van der Waals surface area (Å²) in [5, 5.41) is 0. The van der Waals surface area contributed by atoms with Crippen molar-refractivity contribution in [3.8, 4) is 0 Å². The van der Waals surface area contributed by atoms with Gasteiger partial charge in [-0.2, -0.15) is 0 Å². The molecule has 1 heterocycles. The van der Waals surface area contributed by atoms with Crippen LogP contribution in [0.5, 0.6) is 0 Å². The molecule has 0 aromatic carbocycles. The molecular formula is C18H34N2O2. The van der Waals surface area contributed by atoms with Crippen LogP contribution in [0.15, 0.2) is 0 Å². The number of carbonyl (C=O) groups is 1. The highest BCUT2D eigenvalue weighted by Crippen LogP contribution is 2.35. The maximum absolute atomic E-state index is 12.4. The second-order valence-corrected chi connectivity index (χ2v) is 8.26. The fraction of sp³-hybridized carbons (Fsp3) is 0.944. The van der Waals surface area contributed by atoms with Crippen molar-refractivity contribution in [2.45, 2.75) is 59.5 Å². The third-order valence-corrected chi connectivity index (χ3v) is 5.79. The van der Waals surface area contributed by atoms with E-state index in [2.05, 4.69) is 27.7 Å². The molecule has 4 heteroatoms. The first-order chi connectivity index (χ1) is 10.3. The first-order valence-corrected chi connectivity index (χ1v) is 8.94. The van der Waals surface area contributed by atoms with Gasteiger partial charge in [0.1, 0.15) is 6.61 Å². The van der Waals surface area contributed by atoms with Gasteiger partial charge in [0, 0.05) is 13.1 Å². The van der Waals surface area contributed by atoms with Crippen molar-refractivity contribution in [2.75, 3.05) is 26.2 Å². The molecule has 4 nitrogen and oxygen atoms in total. The zero-order valence-corrected chi connectivity index (χ0v) is 14.8. The molecule has 1 saturated heterocycles. The van der Waals surface area contributed by atoms with Crippen molar-refractivity contribution in [3.05, 3.63) is 0 Å². The third-order valence-electron chi connectivity index (χ3n) is 5.79. The van der Waals surface area contributed by atoms with Crippen molar-refractivity contribution in [2.24, 2.45) is 28.9 Å². The third kappa shape index (κ3) is 4.23. The molecule has 0 spiro atoms. The molecule has 2 aliphatic rings. The molecule has 0 radical (unpaired) electrons. The van der Waals surface area contributed by atoms with Crippen LogP contribution in [0, 0.1) is 23.2 Å². The Hall–Kier alpha value is -0.610. The Balaban J connectivity index is 1.84. The Bertz CT molecular complexity index is 385. The van der Waals surface area contributed by atoms with E-state index in [0.29, 0.717) is 24.3 Å². The summed E-state index contributed by atoms with van der Waals surface area (Å²) in [6.07, 6.45) is 4.86. The smallest absolute Gasteiger partial charge is 0.248 e. The lowest BCUT2D eigenvalue weighted by molar-refractivity contribution is -0.141. The molecule has 1 aliphatic carbocycles. The van der Waals surface area contributed by atoms with E-state index in [-0.39, 0.29) is 24.0 Å². The molecule has 0 bridgehead atoms. The van der Waals surface area contributed by atoms with E-state index in [0.717, 1.165) is 25.9 Å². The minimum absolute atomic E-state index is 0.0927. The van der Waals surface area contributed by atoms with Crippen molar-refractivity contribution >= 4 is 5.91 Å². The Labute approximate surface area is 135 Å². The van der Waals surface area contributed by atoms with Crippen molar-refractivity contribution in [3.63, 3.8) is 0 Å². The lowest BCUT2D eigenvalue weighted by atomic mass is 9.75. The van der Waals surface area contributed by atoms with Gasteiger partial charge in [-0.3, -0.25) is 4.79 Å². The van der Waals surface area contributed by atoms with Crippen LogP contribution in [0.3, 0.4) is 0 Å². The highest BCUT2D eigenvalue weighted by atomic mass is 16.5. The fourth-order valence-electron chi connectivity index (χ4n) is 3.98. The Morgan fingerprint density at radius 3 is 2.73 bits per heavy atom. The quantitative estimate of drug-likeness (QED) is 0.849. The summed E-state index contributed by atoms with van der Waals surface area (Å²) in [5.74, 6) is 2.07. The number of amides is 1. The summed E-state index contributed by atoms with van der Waals surface area (Å²) in [6.45, 7) is 11.5. The minimum atomic E-state index is 0.0927. The van der Waals surface area contributed by atoms with Crippen LogP contribution in [0.4, 0.5) is 0 Å². The van der Waals surface area contributed by atoms with Gasteiger partial charge >= 0.3 is 0 Å².